The molecule has 9 heteroatoms. The predicted molar refractivity (Wildman–Crippen MR) is 132 cm³/mol. The molecule has 2 N–H and O–H groups in total. The van der Waals surface area contributed by atoms with Crippen molar-refractivity contribution in [1.29, 1.82) is 0 Å². The summed E-state index contributed by atoms with van der Waals surface area (Å²) in [5.41, 5.74) is 2.40. The van der Waals surface area contributed by atoms with Crippen LogP contribution in [0, 0.1) is 12.8 Å². The molecule has 0 saturated carbocycles. The van der Waals surface area contributed by atoms with E-state index in [2.05, 4.69) is 15.4 Å². The van der Waals surface area contributed by atoms with Gasteiger partial charge in [0.2, 0.25) is 11.8 Å². The minimum atomic E-state index is -0.873. The number of aryl methyl sites for hydroxylation is 1. The second-order valence-corrected chi connectivity index (χ2v) is 8.89. The molecule has 3 rings (SSSR count). The number of ether oxygens (including phenoxy) is 1. The molecule has 1 aliphatic heterocycles. The number of carbonyl (C=O) groups excluding carboxylic acids is 4. The summed E-state index contributed by atoms with van der Waals surface area (Å²) in [7, 11) is 1.23. The maximum Gasteiger partial charge on any atom is 0.407 e. The summed E-state index contributed by atoms with van der Waals surface area (Å²) in [6.07, 6.45) is -0.721. The Labute approximate surface area is 205 Å². The van der Waals surface area contributed by atoms with E-state index in [0.717, 1.165) is 11.3 Å². The van der Waals surface area contributed by atoms with Crippen LogP contribution in [0.1, 0.15) is 29.8 Å². The van der Waals surface area contributed by atoms with E-state index in [1.807, 2.05) is 54.3 Å². The average molecular weight is 481 g/mol. The molecule has 3 amide bonds. The van der Waals surface area contributed by atoms with E-state index >= 15 is 0 Å². The van der Waals surface area contributed by atoms with Gasteiger partial charge in [0.25, 0.3) is 0 Å². The number of alkyl carbamates (subject to hydrolysis) is 1. The van der Waals surface area contributed by atoms with Crippen LogP contribution in [-0.4, -0.2) is 67.5 Å². The normalized spacial score (nSPS) is 16.1. The van der Waals surface area contributed by atoms with Gasteiger partial charge < -0.3 is 25.2 Å². The van der Waals surface area contributed by atoms with Crippen molar-refractivity contribution in [2.24, 2.45) is 5.92 Å². The number of nitrogens with zero attached hydrogens (tertiary/aromatic N) is 2. The van der Waals surface area contributed by atoms with Crippen LogP contribution in [0.3, 0.4) is 0 Å². The van der Waals surface area contributed by atoms with Crippen LogP contribution in [0.4, 0.5) is 10.5 Å². The first-order chi connectivity index (χ1) is 16.7. The van der Waals surface area contributed by atoms with E-state index in [9.17, 15) is 19.2 Å². The van der Waals surface area contributed by atoms with Crippen LogP contribution in [-0.2, 0) is 14.3 Å². The molecule has 1 heterocycles. The smallest absolute Gasteiger partial charge is 0.407 e. The molecular formula is C26H32N4O5. The van der Waals surface area contributed by atoms with Gasteiger partial charge in [0.15, 0.2) is 5.78 Å². The molecule has 2 aromatic carbocycles. The molecule has 186 valence electrons. The fourth-order valence-electron chi connectivity index (χ4n) is 3.93. The summed E-state index contributed by atoms with van der Waals surface area (Å²) < 4.78 is 4.67. The van der Waals surface area contributed by atoms with E-state index in [0.29, 0.717) is 5.56 Å². The van der Waals surface area contributed by atoms with Crippen LogP contribution in [0.2, 0.25) is 0 Å². The third-order valence-electron chi connectivity index (χ3n) is 5.99. The fourth-order valence-corrected chi connectivity index (χ4v) is 3.93. The number of rotatable bonds is 8. The summed E-state index contributed by atoms with van der Waals surface area (Å²) in [5, 5.41) is 5.27. The summed E-state index contributed by atoms with van der Waals surface area (Å²) in [5.74, 6) is -1.28. The molecule has 9 nitrogen and oxygen atoms in total. The summed E-state index contributed by atoms with van der Waals surface area (Å²) in [6, 6.07) is 14.9. The second-order valence-electron chi connectivity index (χ2n) is 8.89. The Morgan fingerprint density at radius 1 is 1.03 bits per heavy atom. The molecule has 0 radical (unpaired) electrons. The summed E-state index contributed by atoms with van der Waals surface area (Å²) >= 11 is 0. The Morgan fingerprint density at radius 3 is 2.29 bits per heavy atom. The zero-order valence-corrected chi connectivity index (χ0v) is 20.5. The first-order valence-electron chi connectivity index (χ1n) is 11.5. The van der Waals surface area contributed by atoms with E-state index < -0.39 is 30.0 Å². The molecule has 1 aliphatic rings. The lowest BCUT2D eigenvalue weighted by atomic mass is 10.0. The molecule has 0 aliphatic carbocycles. The van der Waals surface area contributed by atoms with Gasteiger partial charge in [-0.2, -0.15) is 0 Å². The molecular weight excluding hydrogens is 448 g/mol. The van der Waals surface area contributed by atoms with Gasteiger partial charge in [0, 0.05) is 17.8 Å². The maximum absolute atomic E-state index is 13.5. The van der Waals surface area contributed by atoms with E-state index in [1.54, 1.807) is 26.0 Å². The molecule has 2 aromatic rings. The number of hydrogen-bond donors (Lipinski definition) is 2. The highest BCUT2D eigenvalue weighted by Gasteiger charge is 2.42. The van der Waals surface area contributed by atoms with Crippen molar-refractivity contribution < 1.29 is 23.9 Å². The van der Waals surface area contributed by atoms with Crippen LogP contribution in [0.15, 0.2) is 54.6 Å². The Hall–Kier alpha value is -3.88. The van der Waals surface area contributed by atoms with E-state index in [1.165, 1.54) is 12.0 Å². The molecule has 0 bridgehead atoms. The minimum absolute atomic E-state index is 0.166. The fraction of sp³-hybridized carbons (Fsp3) is 0.385. The third kappa shape index (κ3) is 6.38. The minimum Gasteiger partial charge on any atom is -0.453 e. The Balaban J connectivity index is 1.78. The van der Waals surface area contributed by atoms with Crippen LogP contribution in [0.5, 0.6) is 0 Å². The number of para-hydroxylation sites is 1. The lowest BCUT2D eigenvalue weighted by Gasteiger charge is -2.29. The van der Waals surface area contributed by atoms with Crippen molar-refractivity contribution >= 4 is 29.4 Å². The van der Waals surface area contributed by atoms with Gasteiger partial charge in [0.05, 0.1) is 20.3 Å². The number of methoxy groups -OCH3 is 1. The highest BCUT2D eigenvalue weighted by molar-refractivity contribution is 6.00. The standard InChI is InChI=1S/C26H32N4O5/c1-17(2)23(28-26(34)35-4)25(33)30-16-29(20-8-6-5-7-9-20)15-21(30)24(32)27-14-22(31)19-12-10-18(3)11-13-19/h5-13,17,21,23H,14-16H2,1-4H3,(H,27,32)(H,28,34). The number of ketones is 1. The van der Waals surface area contributed by atoms with Crippen molar-refractivity contribution in [3.8, 4) is 0 Å². The number of nitrogens with one attached hydrogen (secondary N) is 2. The lowest BCUT2D eigenvalue weighted by Crippen LogP contribution is -2.56. The number of amides is 3. The highest BCUT2D eigenvalue weighted by atomic mass is 16.5. The molecule has 0 spiro atoms. The average Bonchev–Trinajstić information content (AvgIpc) is 3.31. The number of anilines is 1. The van der Waals surface area contributed by atoms with Gasteiger partial charge in [-0.3, -0.25) is 14.4 Å². The Morgan fingerprint density at radius 2 is 1.69 bits per heavy atom. The third-order valence-corrected chi connectivity index (χ3v) is 5.99. The second kappa shape index (κ2) is 11.5. The van der Waals surface area contributed by atoms with Gasteiger partial charge in [-0.15, -0.1) is 0 Å². The molecule has 2 unspecified atom stereocenters. The molecule has 2 atom stereocenters. The summed E-state index contributed by atoms with van der Waals surface area (Å²) in [6.45, 7) is 5.78. The van der Waals surface area contributed by atoms with Crippen molar-refractivity contribution in [2.45, 2.75) is 32.9 Å². The SMILES string of the molecule is COC(=O)NC(C(=O)N1CN(c2ccccc2)CC1C(=O)NCC(=O)c1ccc(C)cc1)C(C)C. The van der Waals surface area contributed by atoms with Crippen LogP contribution in [0.25, 0.3) is 0 Å². The summed E-state index contributed by atoms with van der Waals surface area (Å²) in [4.78, 5) is 54.5. The van der Waals surface area contributed by atoms with Crippen molar-refractivity contribution in [3.05, 3.63) is 65.7 Å². The van der Waals surface area contributed by atoms with Crippen molar-refractivity contribution in [2.75, 3.05) is 31.8 Å². The number of benzene rings is 2. The van der Waals surface area contributed by atoms with Crippen LogP contribution >= 0.6 is 0 Å². The van der Waals surface area contributed by atoms with Crippen LogP contribution < -0.4 is 15.5 Å². The zero-order chi connectivity index (χ0) is 25.5. The first-order valence-corrected chi connectivity index (χ1v) is 11.5. The number of Topliss-reactive ketones (excluding diaryl/α,β-unsaturated/α-hetero) is 1. The van der Waals surface area contributed by atoms with Crippen molar-refractivity contribution in [1.82, 2.24) is 15.5 Å². The molecule has 1 saturated heterocycles. The molecule has 35 heavy (non-hydrogen) atoms. The monoisotopic (exact) mass is 480 g/mol. The van der Waals surface area contributed by atoms with Gasteiger partial charge in [-0.1, -0.05) is 61.9 Å². The lowest BCUT2D eigenvalue weighted by molar-refractivity contribution is -0.140. The van der Waals surface area contributed by atoms with Crippen molar-refractivity contribution in [3.63, 3.8) is 0 Å². The predicted octanol–water partition coefficient (Wildman–Crippen LogP) is 2.35. The first kappa shape index (κ1) is 25.7. The Kier molecular flexibility index (Phi) is 8.46. The number of hydrogen-bond acceptors (Lipinski definition) is 6. The van der Waals surface area contributed by atoms with Gasteiger partial charge >= 0.3 is 6.09 Å². The quantitative estimate of drug-likeness (QED) is 0.562. The number of carbonyl (C=O) groups is 4. The maximum atomic E-state index is 13.5. The van der Waals surface area contributed by atoms with E-state index in [4.69, 9.17) is 0 Å². The molecule has 1 fully saturated rings. The van der Waals surface area contributed by atoms with Gasteiger partial charge in [-0.05, 0) is 25.0 Å². The molecule has 0 aromatic heterocycles. The van der Waals surface area contributed by atoms with E-state index in [-0.39, 0.29) is 31.5 Å². The topological polar surface area (TPSA) is 108 Å². The zero-order valence-electron chi connectivity index (χ0n) is 20.5. The Bertz CT molecular complexity index is 1060. The largest absolute Gasteiger partial charge is 0.453 e. The van der Waals surface area contributed by atoms with Gasteiger partial charge in [-0.25, -0.2) is 4.79 Å². The van der Waals surface area contributed by atoms with Gasteiger partial charge in [0.1, 0.15) is 12.1 Å². The highest BCUT2D eigenvalue weighted by Crippen LogP contribution is 2.23.